The Morgan fingerprint density at radius 3 is 2.21 bits per heavy atom. The van der Waals surface area contributed by atoms with Gasteiger partial charge in [-0.05, 0) is 36.2 Å². The Morgan fingerprint density at radius 2 is 1.58 bits per heavy atom. The third-order valence-corrected chi connectivity index (χ3v) is 4.80. The lowest BCUT2D eigenvalue weighted by molar-refractivity contribution is -0.616. The zero-order valence-corrected chi connectivity index (χ0v) is 14.8. The topological polar surface area (TPSA) is 47.2 Å². The van der Waals surface area contributed by atoms with E-state index in [1.165, 1.54) is 6.20 Å². The van der Waals surface area contributed by atoms with Gasteiger partial charge in [-0.15, -0.1) is 0 Å². The molecule has 0 aliphatic carbocycles. The van der Waals surface area contributed by atoms with Crippen LogP contribution in [0.3, 0.4) is 0 Å². The highest BCUT2D eigenvalue weighted by molar-refractivity contribution is 9.10. The molecule has 122 valence electrons. The van der Waals surface area contributed by atoms with E-state index < -0.39 is 11.5 Å². The molecule has 2 aromatic carbocycles. The van der Waals surface area contributed by atoms with Crippen molar-refractivity contribution in [3.63, 3.8) is 0 Å². The van der Waals surface area contributed by atoms with Gasteiger partial charge in [0, 0.05) is 16.6 Å². The Hall–Kier alpha value is -2.17. The van der Waals surface area contributed by atoms with Crippen LogP contribution in [0.15, 0.2) is 83.5 Å². The minimum atomic E-state index is -1.24. The summed E-state index contributed by atoms with van der Waals surface area (Å²) in [6.45, 7) is 1.75. The van der Waals surface area contributed by atoms with Gasteiger partial charge >= 0.3 is 0 Å². The van der Waals surface area contributed by atoms with E-state index in [1.807, 2.05) is 60.7 Å². The van der Waals surface area contributed by atoms with E-state index in [4.69, 9.17) is 0 Å². The maximum absolute atomic E-state index is 12.4. The molecule has 3 rings (SSSR count). The minimum absolute atomic E-state index is 0.487. The van der Waals surface area contributed by atoms with E-state index in [2.05, 4.69) is 15.9 Å². The van der Waals surface area contributed by atoms with E-state index in [1.54, 1.807) is 19.1 Å². The van der Waals surface area contributed by atoms with Gasteiger partial charge in [0.1, 0.15) is 11.5 Å². The van der Waals surface area contributed by atoms with Gasteiger partial charge < -0.3 is 10.3 Å². The third-order valence-electron chi connectivity index (χ3n) is 4.27. The molecular formula is C20H18BrNO2. The molecule has 0 amide bonds. The predicted molar refractivity (Wildman–Crippen MR) is 97.4 cm³/mol. The van der Waals surface area contributed by atoms with E-state index in [-0.39, 0.29) is 0 Å². The maximum Gasteiger partial charge on any atom is 0.203 e. The van der Waals surface area contributed by atoms with Gasteiger partial charge in [-0.2, -0.15) is 4.73 Å². The van der Waals surface area contributed by atoms with Crippen molar-refractivity contribution in [2.75, 3.05) is 0 Å². The lowest BCUT2D eigenvalue weighted by Crippen LogP contribution is -2.40. The fourth-order valence-corrected chi connectivity index (χ4v) is 3.31. The summed E-state index contributed by atoms with van der Waals surface area (Å²) < 4.78 is 1.77. The Kier molecular flexibility index (Phi) is 4.69. The summed E-state index contributed by atoms with van der Waals surface area (Å²) in [6.07, 6.45) is 1.46. The van der Waals surface area contributed by atoms with Gasteiger partial charge in [0.05, 0.1) is 0 Å². The van der Waals surface area contributed by atoms with Crippen LogP contribution in [0.5, 0.6) is 0 Å². The van der Waals surface area contributed by atoms with Crippen LogP contribution in [-0.4, -0.2) is 5.11 Å². The van der Waals surface area contributed by atoms with Gasteiger partial charge in [0.15, 0.2) is 6.20 Å². The lowest BCUT2D eigenvalue weighted by Gasteiger charge is -2.32. The summed E-state index contributed by atoms with van der Waals surface area (Å²) in [5, 5.41) is 23.8. The molecule has 0 aliphatic rings. The fraction of sp³-hybridized carbons (Fsp3) is 0.150. The predicted octanol–water partition coefficient (Wildman–Crippen LogP) is 4.12. The molecule has 0 saturated carbocycles. The second-order valence-corrected chi connectivity index (χ2v) is 6.87. The summed E-state index contributed by atoms with van der Waals surface area (Å²) in [5.41, 5.74) is 0.913. The lowest BCUT2D eigenvalue weighted by atomic mass is 9.76. The van der Waals surface area contributed by atoms with Crippen molar-refractivity contribution in [2.24, 2.45) is 0 Å². The molecule has 0 radical (unpaired) electrons. The zero-order valence-electron chi connectivity index (χ0n) is 13.3. The van der Waals surface area contributed by atoms with Crippen LogP contribution in [0, 0.1) is 5.21 Å². The van der Waals surface area contributed by atoms with Gasteiger partial charge in [-0.25, -0.2) is 0 Å². The quantitative estimate of drug-likeness (QED) is 0.543. The summed E-state index contributed by atoms with van der Waals surface area (Å²) in [5.74, 6) is -0.487. The Morgan fingerprint density at radius 1 is 0.958 bits per heavy atom. The average molecular weight is 384 g/mol. The van der Waals surface area contributed by atoms with E-state index in [9.17, 15) is 10.3 Å². The normalized spacial score (nSPS) is 14.8. The minimum Gasteiger partial charge on any atom is -0.618 e. The highest BCUT2D eigenvalue weighted by Crippen LogP contribution is 2.40. The van der Waals surface area contributed by atoms with Gasteiger partial charge in [0.2, 0.25) is 5.69 Å². The van der Waals surface area contributed by atoms with Gasteiger partial charge in [0.25, 0.3) is 0 Å². The molecule has 1 N–H and O–H groups in total. The first-order valence-corrected chi connectivity index (χ1v) is 8.51. The number of benzene rings is 2. The van der Waals surface area contributed by atoms with Crippen LogP contribution in [-0.2, 0) is 5.60 Å². The first kappa shape index (κ1) is 16.7. The Bertz CT molecular complexity index is 817. The number of nitrogens with zero attached hydrogens (tertiary/aromatic N) is 1. The second-order valence-electron chi connectivity index (χ2n) is 5.95. The highest BCUT2D eigenvalue weighted by Gasteiger charge is 2.40. The van der Waals surface area contributed by atoms with E-state index in [0.29, 0.717) is 5.69 Å². The van der Waals surface area contributed by atoms with Crippen molar-refractivity contribution in [2.45, 2.75) is 18.4 Å². The fourth-order valence-electron chi connectivity index (χ4n) is 3.05. The van der Waals surface area contributed by atoms with Crippen molar-refractivity contribution < 1.29 is 9.84 Å². The van der Waals surface area contributed by atoms with Crippen molar-refractivity contribution in [3.8, 4) is 0 Å². The first-order valence-electron chi connectivity index (χ1n) is 7.71. The molecule has 2 atom stereocenters. The summed E-state index contributed by atoms with van der Waals surface area (Å²) in [6, 6.07) is 22.4. The van der Waals surface area contributed by atoms with Crippen LogP contribution in [0.4, 0.5) is 0 Å². The van der Waals surface area contributed by atoms with E-state index >= 15 is 0 Å². The van der Waals surface area contributed by atoms with Crippen molar-refractivity contribution >= 4 is 15.9 Å². The zero-order chi connectivity index (χ0) is 17.2. The van der Waals surface area contributed by atoms with Crippen molar-refractivity contribution in [3.05, 3.63) is 105 Å². The van der Waals surface area contributed by atoms with Crippen LogP contribution >= 0.6 is 15.9 Å². The number of hydrogen-bond acceptors (Lipinski definition) is 2. The molecule has 0 fully saturated rings. The van der Waals surface area contributed by atoms with Gasteiger partial charge in [-0.1, -0.05) is 58.4 Å². The molecule has 1 aromatic heterocycles. The largest absolute Gasteiger partial charge is 0.618 e. The molecule has 0 saturated heterocycles. The molecule has 0 bridgehead atoms. The molecular weight excluding hydrogens is 366 g/mol. The average Bonchev–Trinajstić information content (AvgIpc) is 2.58. The number of pyridine rings is 1. The van der Waals surface area contributed by atoms with Crippen LogP contribution in [0.1, 0.15) is 29.7 Å². The SMILES string of the molecule is C[C@@](O)(c1ccc(Br)cc1)[C@@H](c1ccccc1)c1cccc[n+]1[O-]. The second kappa shape index (κ2) is 6.75. The highest BCUT2D eigenvalue weighted by atomic mass is 79.9. The van der Waals surface area contributed by atoms with Crippen LogP contribution in [0.25, 0.3) is 0 Å². The summed E-state index contributed by atoms with van der Waals surface area (Å²) >= 11 is 3.41. The smallest absolute Gasteiger partial charge is 0.203 e. The molecule has 0 unspecified atom stereocenters. The first-order chi connectivity index (χ1) is 11.5. The number of aromatic nitrogens is 1. The molecule has 0 spiro atoms. The molecule has 0 aliphatic heterocycles. The maximum atomic E-state index is 12.4. The number of rotatable bonds is 4. The van der Waals surface area contributed by atoms with Crippen molar-refractivity contribution in [1.29, 1.82) is 0 Å². The number of hydrogen-bond donors (Lipinski definition) is 1. The number of aliphatic hydroxyl groups is 1. The monoisotopic (exact) mass is 383 g/mol. The standard InChI is InChI=1S/C20H18BrNO2/c1-20(23,16-10-12-17(21)13-11-16)19(15-7-3-2-4-8-15)18-9-5-6-14-22(18)24/h2-14,19,23H,1H3/t19-,20+/m0/s1. The van der Waals surface area contributed by atoms with Crippen LogP contribution < -0.4 is 4.73 Å². The molecule has 3 nitrogen and oxygen atoms in total. The molecule has 24 heavy (non-hydrogen) atoms. The molecule has 1 heterocycles. The Labute approximate surface area is 149 Å². The molecule has 3 aromatic rings. The van der Waals surface area contributed by atoms with Crippen LogP contribution in [0.2, 0.25) is 0 Å². The number of halogens is 1. The third kappa shape index (κ3) is 3.21. The summed E-state index contributed by atoms with van der Waals surface area (Å²) in [4.78, 5) is 0. The van der Waals surface area contributed by atoms with Gasteiger partial charge in [-0.3, -0.25) is 0 Å². The Balaban J connectivity index is 2.18. The summed E-state index contributed by atoms with van der Waals surface area (Å²) in [7, 11) is 0. The van der Waals surface area contributed by atoms with Crippen molar-refractivity contribution in [1.82, 2.24) is 0 Å². The molecule has 4 heteroatoms. The van der Waals surface area contributed by atoms with E-state index in [0.717, 1.165) is 20.3 Å².